The highest BCUT2D eigenvalue weighted by Crippen LogP contribution is 2.26. The summed E-state index contributed by atoms with van der Waals surface area (Å²) in [5, 5.41) is 12.1. The number of thioether (sulfide) groups is 1. The standard InChI is InChI=1S/C23H25N5O2S/c1-15-6-7-16(2)20(13-15)28-17(3)25-26-23(28)31-14-21(29)24-18-8-10-19(11-9-18)27-12-4-5-22(27)30/h6-11,13H,4-5,12,14H2,1-3H3,(H,24,29). The molecule has 1 aliphatic heterocycles. The summed E-state index contributed by atoms with van der Waals surface area (Å²) in [6.45, 7) is 6.76. The van der Waals surface area contributed by atoms with Gasteiger partial charge in [-0.15, -0.1) is 10.2 Å². The first-order chi connectivity index (χ1) is 14.9. The topological polar surface area (TPSA) is 80.1 Å². The fraction of sp³-hybridized carbons (Fsp3) is 0.304. The van der Waals surface area contributed by atoms with Crippen LogP contribution in [-0.4, -0.2) is 38.9 Å². The first-order valence-corrected chi connectivity index (χ1v) is 11.2. The zero-order valence-corrected chi connectivity index (χ0v) is 18.7. The minimum atomic E-state index is -0.122. The number of hydrogen-bond donors (Lipinski definition) is 1. The van der Waals surface area contributed by atoms with Crippen molar-refractivity contribution in [3.63, 3.8) is 0 Å². The molecule has 0 radical (unpaired) electrons. The molecule has 0 bridgehead atoms. The van der Waals surface area contributed by atoms with E-state index in [1.807, 2.05) is 42.7 Å². The minimum Gasteiger partial charge on any atom is -0.325 e. The number of nitrogens with one attached hydrogen (secondary N) is 1. The van der Waals surface area contributed by atoms with Crippen molar-refractivity contribution < 1.29 is 9.59 Å². The van der Waals surface area contributed by atoms with Gasteiger partial charge in [-0.25, -0.2) is 0 Å². The maximum atomic E-state index is 12.5. The number of nitrogens with zero attached hydrogens (tertiary/aromatic N) is 4. The summed E-state index contributed by atoms with van der Waals surface area (Å²) < 4.78 is 1.99. The maximum absolute atomic E-state index is 12.5. The molecule has 4 rings (SSSR count). The molecule has 1 fully saturated rings. The molecule has 1 N–H and O–H groups in total. The van der Waals surface area contributed by atoms with E-state index in [1.165, 1.54) is 11.8 Å². The molecule has 0 aliphatic carbocycles. The van der Waals surface area contributed by atoms with Gasteiger partial charge in [0.2, 0.25) is 11.8 Å². The molecule has 0 atom stereocenters. The maximum Gasteiger partial charge on any atom is 0.234 e. The number of aryl methyl sites for hydroxylation is 3. The van der Waals surface area contributed by atoms with Crippen molar-refractivity contribution in [3.8, 4) is 5.69 Å². The van der Waals surface area contributed by atoms with Crippen LogP contribution in [0.3, 0.4) is 0 Å². The summed E-state index contributed by atoms with van der Waals surface area (Å²) in [5.74, 6) is 1.03. The number of carbonyl (C=O) groups is 2. The van der Waals surface area contributed by atoms with E-state index in [-0.39, 0.29) is 17.6 Å². The molecule has 1 saturated heterocycles. The average Bonchev–Trinajstić information content (AvgIpc) is 3.34. The van der Waals surface area contributed by atoms with Crippen LogP contribution in [-0.2, 0) is 9.59 Å². The molecule has 2 amide bonds. The summed E-state index contributed by atoms with van der Waals surface area (Å²) in [6.07, 6.45) is 1.49. The van der Waals surface area contributed by atoms with Crippen molar-refractivity contribution in [1.29, 1.82) is 0 Å². The van der Waals surface area contributed by atoms with Gasteiger partial charge >= 0.3 is 0 Å². The van der Waals surface area contributed by atoms with Crippen molar-refractivity contribution in [2.24, 2.45) is 0 Å². The molecule has 3 aromatic rings. The smallest absolute Gasteiger partial charge is 0.234 e. The second-order valence-electron chi connectivity index (χ2n) is 7.69. The second kappa shape index (κ2) is 8.93. The van der Waals surface area contributed by atoms with Crippen LogP contribution < -0.4 is 10.2 Å². The van der Waals surface area contributed by atoms with Crippen LogP contribution in [0.25, 0.3) is 5.69 Å². The Kier molecular flexibility index (Phi) is 6.08. The van der Waals surface area contributed by atoms with Gasteiger partial charge in [-0.2, -0.15) is 0 Å². The van der Waals surface area contributed by atoms with Gasteiger partial charge in [-0.1, -0.05) is 23.9 Å². The molecule has 160 valence electrons. The number of carbonyl (C=O) groups excluding carboxylic acids is 2. The Morgan fingerprint density at radius 1 is 1.10 bits per heavy atom. The van der Waals surface area contributed by atoms with Crippen LogP contribution in [0.4, 0.5) is 11.4 Å². The molecule has 31 heavy (non-hydrogen) atoms. The van der Waals surface area contributed by atoms with E-state index < -0.39 is 0 Å². The minimum absolute atomic E-state index is 0.122. The number of hydrogen-bond acceptors (Lipinski definition) is 5. The highest BCUT2D eigenvalue weighted by molar-refractivity contribution is 7.99. The zero-order chi connectivity index (χ0) is 22.0. The third-order valence-electron chi connectivity index (χ3n) is 5.27. The van der Waals surface area contributed by atoms with Gasteiger partial charge in [0.05, 0.1) is 11.4 Å². The van der Waals surface area contributed by atoms with Gasteiger partial charge in [-0.05, 0) is 68.7 Å². The third kappa shape index (κ3) is 4.64. The van der Waals surface area contributed by atoms with E-state index in [2.05, 4.69) is 40.6 Å². The largest absolute Gasteiger partial charge is 0.325 e. The predicted octanol–water partition coefficient (Wildman–Crippen LogP) is 4.05. The number of anilines is 2. The van der Waals surface area contributed by atoms with E-state index in [0.29, 0.717) is 17.3 Å². The van der Waals surface area contributed by atoms with Gasteiger partial charge in [0.1, 0.15) is 5.82 Å². The molecule has 7 nitrogen and oxygen atoms in total. The molecule has 1 aromatic heterocycles. The fourth-order valence-electron chi connectivity index (χ4n) is 3.65. The van der Waals surface area contributed by atoms with Crippen LogP contribution in [0.15, 0.2) is 47.6 Å². The number of benzene rings is 2. The van der Waals surface area contributed by atoms with Crippen molar-refractivity contribution in [3.05, 3.63) is 59.4 Å². The van der Waals surface area contributed by atoms with Gasteiger partial charge in [-0.3, -0.25) is 14.2 Å². The summed E-state index contributed by atoms with van der Waals surface area (Å²) in [6, 6.07) is 13.6. The monoisotopic (exact) mass is 435 g/mol. The van der Waals surface area contributed by atoms with Gasteiger partial charge in [0.25, 0.3) is 0 Å². The van der Waals surface area contributed by atoms with Gasteiger partial charge < -0.3 is 10.2 Å². The first kappa shape index (κ1) is 21.1. The van der Waals surface area contributed by atoms with Gasteiger partial charge in [0.15, 0.2) is 5.16 Å². The Hall–Kier alpha value is -3.13. The van der Waals surface area contributed by atoms with Crippen LogP contribution in [0.5, 0.6) is 0 Å². The SMILES string of the molecule is Cc1ccc(C)c(-n2c(C)nnc2SCC(=O)Nc2ccc(N3CCCC3=O)cc2)c1. The highest BCUT2D eigenvalue weighted by atomic mass is 32.2. The van der Waals surface area contributed by atoms with Crippen LogP contribution in [0, 0.1) is 20.8 Å². The molecular formula is C23H25N5O2S. The molecule has 8 heteroatoms. The van der Waals surface area contributed by atoms with E-state index in [1.54, 1.807) is 4.90 Å². The molecule has 0 saturated carbocycles. The Labute approximate surface area is 185 Å². The normalized spacial score (nSPS) is 13.6. The van der Waals surface area contributed by atoms with Gasteiger partial charge in [0, 0.05) is 24.3 Å². The summed E-state index contributed by atoms with van der Waals surface area (Å²) in [5.41, 5.74) is 4.87. The lowest BCUT2D eigenvalue weighted by Gasteiger charge is -2.16. The molecule has 2 aromatic carbocycles. The lowest BCUT2D eigenvalue weighted by atomic mass is 10.1. The number of aromatic nitrogens is 3. The first-order valence-electron chi connectivity index (χ1n) is 10.2. The molecular weight excluding hydrogens is 410 g/mol. The molecule has 2 heterocycles. The quantitative estimate of drug-likeness (QED) is 0.591. The molecule has 0 unspecified atom stereocenters. The zero-order valence-electron chi connectivity index (χ0n) is 17.9. The fourth-order valence-corrected chi connectivity index (χ4v) is 4.44. The van der Waals surface area contributed by atoms with Crippen molar-refractivity contribution in [1.82, 2.24) is 14.8 Å². The Balaban J connectivity index is 1.41. The van der Waals surface area contributed by atoms with Crippen LogP contribution in [0.2, 0.25) is 0 Å². The molecule has 1 aliphatic rings. The Bertz CT molecular complexity index is 1120. The van der Waals surface area contributed by atoms with E-state index in [4.69, 9.17) is 0 Å². The highest BCUT2D eigenvalue weighted by Gasteiger charge is 2.21. The van der Waals surface area contributed by atoms with Crippen molar-refractivity contribution in [2.45, 2.75) is 38.8 Å². The van der Waals surface area contributed by atoms with E-state index in [9.17, 15) is 9.59 Å². The van der Waals surface area contributed by atoms with Crippen molar-refractivity contribution in [2.75, 3.05) is 22.5 Å². The molecule has 0 spiro atoms. The Morgan fingerprint density at radius 2 is 1.87 bits per heavy atom. The summed E-state index contributed by atoms with van der Waals surface area (Å²) in [4.78, 5) is 26.2. The number of amides is 2. The van der Waals surface area contributed by atoms with E-state index >= 15 is 0 Å². The Morgan fingerprint density at radius 3 is 2.58 bits per heavy atom. The van der Waals surface area contributed by atoms with Crippen molar-refractivity contribution >= 4 is 35.0 Å². The second-order valence-corrected chi connectivity index (χ2v) is 8.63. The van der Waals surface area contributed by atoms with E-state index in [0.717, 1.165) is 41.3 Å². The number of rotatable bonds is 6. The predicted molar refractivity (Wildman–Crippen MR) is 123 cm³/mol. The third-order valence-corrected chi connectivity index (χ3v) is 6.20. The van der Waals surface area contributed by atoms with Crippen LogP contribution in [0.1, 0.15) is 29.8 Å². The summed E-state index contributed by atoms with van der Waals surface area (Å²) >= 11 is 1.35. The summed E-state index contributed by atoms with van der Waals surface area (Å²) in [7, 11) is 0. The van der Waals surface area contributed by atoms with Crippen LogP contribution >= 0.6 is 11.8 Å². The lowest BCUT2D eigenvalue weighted by molar-refractivity contribution is -0.117. The lowest BCUT2D eigenvalue weighted by Crippen LogP contribution is -2.23. The average molecular weight is 436 g/mol.